The largest absolute Gasteiger partial charge is 0.396 e. The Morgan fingerprint density at radius 1 is 1.43 bits per heavy atom. The minimum atomic E-state index is 0.0386. The molecule has 1 amide bonds. The SMILES string of the molecule is CC(NC(=O)CN1CCCC(CCO)C1)c1ccccc1. The van der Waals surface area contributed by atoms with Gasteiger partial charge in [-0.3, -0.25) is 9.69 Å². The second kappa shape index (κ2) is 8.15. The molecule has 2 rings (SSSR count). The van der Waals surface area contributed by atoms with E-state index in [1.165, 1.54) is 6.42 Å². The predicted octanol–water partition coefficient (Wildman–Crippen LogP) is 1.96. The summed E-state index contributed by atoms with van der Waals surface area (Å²) in [6.07, 6.45) is 3.13. The maximum Gasteiger partial charge on any atom is 0.234 e. The Hall–Kier alpha value is -1.39. The number of carbonyl (C=O) groups is 1. The van der Waals surface area contributed by atoms with Crippen LogP contribution in [0.3, 0.4) is 0 Å². The monoisotopic (exact) mass is 290 g/mol. The average Bonchev–Trinajstić information content (AvgIpc) is 2.48. The van der Waals surface area contributed by atoms with Crippen molar-refractivity contribution >= 4 is 5.91 Å². The molecule has 0 radical (unpaired) electrons. The van der Waals surface area contributed by atoms with Crippen LogP contribution in [0, 0.1) is 5.92 Å². The number of benzene rings is 1. The number of likely N-dealkylation sites (tertiary alicyclic amines) is 1. The number of aliphatic hydroxyl groups is 1. The van der Waals surface area contributed by atoms with Crippen LogP contribution >= 0.6 is 0 Å². The van der Waals surface area contributed by atoms with E-state index in [-0.39, 0.29) is 18.6 Å². The Morgan fingerprint density at radius 3 is 2.90 bits per heavy atom. The van der Waals surface area contributed by atoms with Crippen LogP contribution in [0.25, 0.3) is 0 Å². The lowest BCUT2D eigenvalue weighted by atomic mass is 9.95. The van der Waals surface area contributed by atoms with Crippen molar-refractivity contribution in [2.24, 2.45) is 5.92 Å². The first kappa shape index (κ1) is 16.0. The summed E-state index contributed by atoms with van der Waals surface area (Å²) in [7, 11) is 0. The lowest BCUT2D eigenvalue weighted by Crippen LogP contribution is -2.43. The molecule has 1 aromatic rings. The minimum Gasteiger partial charge on any atom is -0.396 e. The molecule has 116 valence electrons. The summed E-state index contributed by atoms with van der Waals surface area (Å²) in [5, 5.41) is 12.1. The van der Waals surface area contributed by atoms with Gasteiger partial charge in [-0.1, -0.05) is 30.3 Å². The van der Waals surface area contributed by atoms with Crippen LogP contribution in [0.4, 0.5) is 0 Å². The van der Waals surface area contributed by atoms with Crippen molar-refractivity contribution in [3.63, 3.8) is 0 Å². The average molecular weight is 290 g/mol. The Labute approximate surface area is 127 Å². The molecule has 1 saturated heterocycles. The Morgan fingerprint density at radius 2 is 2.19 bits per heavy atom. The molecule has 4 heteroatoms. The smallest absolute Gasteiger partial charge is 0.234 e. The van der Waals surface area contributed by atoms with E-state index in [4.69, 9.17) is 5.11 Å². The lowest BCUT2D eigenvalue weighted by Gasteiger charge is -2.32. The number of hydrogen-bond donors (Lipinski definition) is 2. The van der Waals surface area contributed by atoms with Crippen molar-refractivity contribution in [2.75, 3.05) is 26.2 Å². The van der Waals surface area contributed by atoms with E-state index in [1.54, 1.807) is 0 Å². The molecule has 1 heterocycles. The quantitative estimate of drug-likeness (QED) is 0.842. The number of nitrogens with zero attached hydrogens (tertiary/aromatic N) is 1. The number of piperidine rings is 1. The van der Waals surface area contributed by atoms with Gasteiger partial charge in [0.15, 0.2) is 0 Å². The Bertz CT molecular complexity index is 434. The predicted molar refractivity (Wildman–Crippen MR) is 83.9 cm³/mol. The maximum absolute atomic E-state index is 12.2. The molecule has 2 N–H and O–H groups in total. The van der Waals surface area contributed by atoms with Gasteiger partial charge in [0.2, 0.25) is 5.91 Å². The molecule has 21 heavy (non-hydrogen) atoms. The van der Waals surface area contributed by atoms with Gasteiger partial charge in [0.1, 0.15) is 0 Å². The summed E-state index contributed by atoms with van der Waals surface area (Å²) in [4.78, 5) is 14.4. The van der Waals surface area contributed by atoms with Crippen LogP contribution in [0.5, 0.6) is 0 Å². The highest BCUT2D eigenvalue weighted by molar-refractivity contribution is 5.78. The maximum atomic E-state index is 12.2. The zero-order chi connectivity index (χ0) is 15.1. The summed E-state index contributed by atoms with van der Waals surface area (Å²) in [6, 6.07) is 10.1. The third-order valence-electron chi connectivity index (χ3n) is 4.18. The molecular formula is C17H26N2O2. The van der Waals surface area contributed by atoms with Crippen molar-refractivity contribution < 1.29 is 9.90 Å². The first-order valence-corrected chi connectivity index (χ1v) is 7.86. The van der Waals surface area contributed by atoms with E-state index >= 15 is 0 Å². The molecule has 1 aliphatic rings. The zero-order valence-electron chi connectivity index (χ0n) is 12.8. The van der Waals surface area contributed by atoms with Gasteiger partial charge < -0.3 is 10.4 Å². The van der Waals surface area contributed by atoms with E-state index in [1.807, 2.05) is 37.3 Å². The van der Waals surface area contributed by atoms with Gasteiger partial charge in [-0.05, 0) is 44.2 Å². The van der Waals surface area contributed by atoms with Crippen LogP contribution in [-0.2, 0) is 4.79 Å². The standard InChI is InChI=1S/C17H26N2O2/c1-14(16-7-3-2-4-8-16)18-17(21)13-19-10-5-6-15(12-19)9-11-20/h2-4,7-8,14-15,20H,5-6,9-13H2,1H3,(H,18,21). The first-order valence-electron chi connectivity index (χ1n) is 7.86. The number of hydrogen-bond acceptors (Lipinski definition) is 3. The van der Waals surface area contributed by atoms with E-state index in [2.05, 4.69) is 10.2 Å². The second-order valence-corrected chi connectivity index (χ2v) is 5.96. The fourth-order valence-electron chi connectivity index (χ4n) is 3.03. The van der Waals surface area contributed by atoms with Crippen molar-refractivity contribution in [3.05, 3.63) is 35.9 Å². The summed E-state index contributed by atoms with van der Waals surface area (Å²) in [5.41, 5.74) is 1.13. The highest BCUT2D eigenvalue weighted by Crippen LogP contribution is 2.19. The molecule has 2 unspecified atom stereocenters. The Kier molecular flexibility index (Phi) is 6.21. The summed E-state index contributed by atoms with van der Waals surface area (Å²) in [5.74, 6) is 0.610. The summed E-state index contributed by atoms with van der Waals surface area (Å²) in [6.45, 7) is 4.62. The number of nitrogens with one attached hydrogen (secondary N) is 1. The molecule has 0 saturated carbocycles. The van der Waals surface area contributed by atoms with Crippen molar-refractivity contribution in [1.29, 1.82) is 0 Å². The van der Waals surface area contributed by atoms with Gasteiger partial charge in [0.25, 0.3) is 0 Å². The molecular weight excluding hydrogens is 264 g/mol. The van der Waals surface area contributed by atoms with Gasteiger partial charge in [-0.25, -0.2) is 0 Å². The van der Waals surface area contributed by atoms with Gasteiger partial charge in [0.05, 0.1) is 12.6 Å². The molecule has 4 nitrogen and oxygen atoms in total. The van der Waals surface area contributed by atoms with Crippen LogP contribution in [0.2, 0.25) is 0 Å². The molecule has 1 aliphatic heterocycles. The number of carbonyl (C=O) groups excluding carboxylic acids is 1. The highest BCUT2D eigenvalue weighted by atomic mass is 16.3. The molecule has 0 aliphatic carbocycles. The fraction of sp³-hybridized carbons (Fsp3) is 0.588. The van der Waals surface area contributed by atoms with Gasteiger partial charge in [-0.15, -0.1) is 0 Å². The number of rotatable bonds is 6. The zero-order valence-corrected chi connectivity index (χ0v) is 12.8. The molecule has 1 aromatic carbocycles. The third kappa shape index (κ3) is 5.14. The van der Waals surface area contributed by atoms with Crippen molar-refractivity contribution in [2.45, 2.75) is 32.2 Å². The van der Waals surface area contributed by atoms with Crippen LogP contribution in [0.1, 0.15) is 37.8 Å². The summed E-state index contributed by atoms with van der Waals surface area (Å²) < 4.78 is 0. The number of amides is 1. The van der Waals surface area contributed by atoms with Crippen LogP contribution < -0.4 is 5.32 Å². The second-order valence-electron chi connectivity index (χ2n) is 5.96. The van der Waals surface area contributed by atoms with E-state index < -0.39 is 0 Å². The van der Waals surface area contributed by atoms with Crippen LogP contribution in [0.15, 0.2) is 30.3 Å². The number of aliphatic hydroxyl groups excluding tert-OH is 1. The van der Waals surface area contributed by atoms with Gasteiger partial charge in [-0.2, -0.15) is 0 Å². The molecule has 1 fully saturated rings. The van der Waals surface area contributed by atoms with E-state index in [9.17, 15) is 4.79 Å². The summed E-state index contributed by atoms with van der Waals surface area (Å²) >= 11 is 0. The van der Waals surface area contributed by atoms with E-state index in [0.717, 1.165) is 31.5 Å². The van der Waals surface area contributed by atoms with Crippen LogP contribution in [-0.4, -0.2) is 42.2 Å². The molecule has 0 aromatic heterocycles. The Balaban J connectivity index is 1.79. The van der Waals surface area contributed by atoms with Crippen molar-refractivity contribution in [1.82, 2.24) is 10.2 Å². The highest BCUT2D eigenvalue weighted by Gasteiger charge is 2.21. The topological polar surface area (TPSA) is 52.6 Å². The molecule has 2 atom stereocenters. The van der Waals surface area contributed by atoms with Crippen molar-refractivity contribution in [3.8, 4) is 0 Å². The molecule has 0 spiro atoms. The van der Waals surface area contributed by atoms with Gasteiger partial charge >= 0.3 is 0 Å². The fourth-order valence-corrected chi connectivity index (χ4v) is 3.03. The normalized spacial score (nSPS) is 21.0. The minimum absolute atomic E-state index is 0.0386. The third-order valence-corrected chi connectivity index (χ3v) is 4.18. The lowest BCUT2D eigenvalue weighted by molar-refractivity contribution is -0.123. The van der Waals surface area contributed by atoms with Gasteiger partial charge in [0, 0.05) is 13.2 Å². The molecule has 0 bridgehead atoms. The van der Waals surface area contributed by atoms with E-state index in [0.29, 0.717) is 12.5 Å². The first-order chi connectivity index (χ1) is 10.2.